The van der Waals surface area contributed by atoms with E-state index in [1.807, 2.05) is 13.0 Å². The van der Waals surface area contributed by atoms with Gasteiger partial charge < -0.3 is 5.32 Å². The molecule has 0 spiro atoms. The molecule has 1 aromatic heterocycles. The number of hydrogen-bond acceptors (Lipinski definition) is 2. The van der Waals surface area contributed by atoms with Crippen LogP contribution in [-0.4, -0.2) is 15.7 Å². The van der Waals surface area contributed by atoms with E-state index >= 15 is 0 Å². The lowest BCUT2D eigenvalue weighted by Gasteiger charge is -2.23. The number of alkyl halides is 3. The maximum atomic E-state index is 13.4. The van der Waals surface area contributed by atoms with Gasteiger partial charge in [0.25, 0.3) is 5.91 Å². The zero-order chi connectivity index (χ0) is 18.1. The van der Waals surface area contributed by atoms with Crippen molar-refractivity contribution in [2.75, 3.05) is 5.32 Å². The molecular weight excluding hydrogens is 319 g/mol. The molecule has 0 saturated carbocycles. The number of anilines is 1. The first kappa shape index (κ1) is 18.0. The average molecular weight is 339 g/mol. The molecule has 0 aliphatic heterocycles. The van der Waals surface area contributed by atoms with E-state index in [1.54, 1.807) is 39.0 Å². The fourth-order valence-electron chi connectivity index (χ4n) is 2.36. The minimum atomic E-state index is -4.68. The van der Waals surface area contributed by atoms with Crippen molar-refractivity contribution < 1.29 is 18.0 Å². The number of carbonyl (C=O) groups is 1. The van der Waals surface area contributed by atoms with Gasteiger partial charge in [-0.2, -0.15) is 18.3 Å². The van der Waals surface area contributed by atoms with Gasteiger partial charge in [0.15, 0.2) is 5.69 Å². The highest BCUT2D eigenvalue weighted by Crippen LogP contribution is 2.35. The first-order valence-electron chi connectivity index (χ1n) is 7.60. The number of halogens is 3. The number of carbonyl (C=O) groups excluding carboxylic acids is 1. The quantitative estimate of drug-likeness (QED) is 0.897. The van der Waals surface area contributed by atoms with E-state index in [0.717, 1.165) is 22.9 Å². The summed E-state index contributed by atoms with van der Waals surface area (Å²) in [6, 6.07) is 7.00. The second kappa shape index (κ2) is 6.30. The maximum absolute atomic E-state index is 13.4. The number of rotatable bonds is 3. The molecule has 7 heteroatoms. The lowest BCUT2D eigenvalue weighted by molar-refractivity contribution is -0.146. The second-order valence-corrected chi connectivity index (χ2v) is 6.50. The molecule has 1 N–H and O–H groups in total. The predicted molar refractivity (Wildman–Crippen MR) is 86.0 cm³/mol. The molecule has 130 valence electrons. The fraction of sp³-hybridized carbons (Fsp3) is 0.412. The van der Waals surface area contributed by atoms with E-state index < -0.39 is 28.9 Å². The van der Waals surface area contributed by atoms with E-state index in [0.29, 0.717) is 5.69 Å². The molecule has 0 aliphatic rings. The molecule has 1 aromatic carbocycles. The normalized spacial score (nSPS) is 12.3. The highest BCUT2D eigenvalue weighted by atomic mass is 19.4. The van der Waals surface area contributed by atoms with E-state index in [9.17, 15) is 18.0 Å². The minimum Gasteiger partial charge on any atom is -0.322 e. The van der Waals surface area contributed by atoms with Crippen molar-refractivity contribution in [1.29, 1.82) is 0 Å². The van der Waals surface area contributed by atoms with Gasteiger partial charge in [-0.1, -0.05) is 19.1 Å². The van der Waals surface area contributed by atoms with Crippen molar-refractivity contribution >= 4 is 11.6 Å². The van der Waals surface area contributed by atoms with Crippen LogP contribution in [0.4, 0.5) is 18.9 Å². The van der Waals surface area contributed by atoms with Crippen molar-refractivity contribution in [2.45, 2.75) is 45.8 Å². The second-order valence-electron chi connectivity index (χ2n) is 6.50. The summed E-state index contributed by atoms with van der Waals surface area (Å²) in [5, 5.41) is 6.30. The standard InChI is InChI=1S/C17H20F3N3O/c1-5-11-7-6-8-12(9-11)22-15(24)13-10-21-23(16(2,3)4)14(13)17(18,19)20/h6-10H,5H2,1-4H3,(H,22,24). The van der Waals surface area contributed by atoms with Gasteiger partial charge in [-0.3, -0.25) is 9.48 Å². The van der Waals surface area contributed by atoms with Crippen LogP contribution in [0.5, 0.6) is 0 Å². The lowest BCUT2D eigenvalue weighted by atomic mass is 10.1. The number of hydrogen-bond donors (Lipinski definition) is 1. The number of amides is 1. The van der Waals surface area contributed by atoms with Crippen molar-refractivity contribution in [3.05, 3.63) is 47.3 Å². The first-order valence-corrected chi connectivity index (χ1v) is 7.60. The largest absolute Gasteiger partial charge is 0.433 e. The van der Waals surface area contributed by atoms with Gasteiger partial charge in [0.05, 0.1) is 17.3 Å². The summed E-state index contributed by atoms with van der Waals surface area (Å²) in [6.45, 7) is 6.75. The van der Waals surface area contributed by atoms with Crippen molar-refractivity contribution in [3.8, 4) is 0 Å². The molecule has 0 fully saturated rings. The van der Waals surface area contributed by atoms with Crippen LogP contribution in [0.2, 0.25) is 0 Å². The summed E-state index contributed by atoms with van der Waals surface area (Å²) in [5.74, 6) is -0.828. The predicted octanol–water partition coefficient (Wildman–Crippen LogP) is 4.47. The van der Waals surface area contributed by atoms with E-state index in [1.165, 1.54) is 0 Å². The zero-order valence-electron chi connectivity index (χ0n) is 14.0. The Balaban J connectivity index is 2.41. The smallest absolute Gasteiger partial charge is 0.322 e. The Hall–Kier alpha value is -2.31. The summed E-state index contributed by atoms with van der Waals surface area (Å²) < 4.78 is 41.2. The molecule has 0 aliphatic carbocycles. The lowest BCUT2D eigenvalue weighted by Crippen LogP contribution is -2.30. The average Bonchev–Trinajstić information content (AvgIpc) is 2.92. The summed E-state index contributed by atoms with van der Waals surface area (Å²) in [7, 11) is 0. The third-order valence-electron chi connectivity index (χ3n) is 3.51. The maximum Gasteiger partial charge on any atom is 0.433 e. The van der Waals surface area contributed by atoms with Crippen LogP contribution in [0.15, 0.2) is 30.5 Å². The van der Waals surface area contributed by atoms with Crippen LogP contribution in [0.3, 0.4) is 0 Å². The van der Waals surface area contributed by atoms with Gasteiger partial charge >= 0.3 is 6.18 Å². The Kier molecular flexibility index (Phi) is 4.73. The third-order valence-corrected chi connectivity index (χ3v) is 3.51. The molecule has 0 unspecified atom stereocenters. The van der Waals surface area contributed by atoms with E-state index in [2.05, 4.69) is 10.4 Å². The fourth-order valence-corrected chi connectivity index (χ4v) is 2.36. The van der Waals surface area contributed by atoms with Crippen molar-refractivity contribution in [3.63, 3.8) is 0 Å². The molecule has 0 atom stereocenters. The van der Waals surface area contributed by atoms with Crippen LogP contribution in [0.25, 0.3) is 0 Å². The number of aryl methyl sites for hydroxylation is 1. The van der Waals surface area contributed by atoms with Gasteiger partial charge in [0.1, 0.15) is 0 Å². The van der Waals surface area contributed by atoms with Crippen molar-refractivity contribution in [1.82, 2.24) is 9.78 Å². The molecule has 1 amide bonds. The molecule has 0 bridgehead atoms. The van der Waals surface area contributed by atoms with Crippen molar-refractivity contribution in [2.24, 2.45) is 0 Å². The van der Waals surface area contributed by atoms with Gasteiger partial charge in [-0.05, 0) is 44.9 Å². The van der Waals surface area contributed by atoms with E-state index in [-0.39, 0.29) is 0 Å². The molecular formula is C17H20F3N3O. The van der Waals surface area contributed by atoms with Gasteiger partial charge in [-0.15, -0.1) is 0 Å². The Morgan fingerprint density at radius 1 is 1.25 bits per heavy atom. The number of aromatic nitrogens is 2. The van der Waals surface area contributed by atoms with E-state index in [4.69, 9.17) is 0 Å². The summed E-state index contributed by atoms with van der Waals surface area (Å²) in [4.78, 5) is 12.4. The topological polar surface area (TPSA) is 46.9 Å². The third kappa shape index (κ3) is 3.77. The zero-order valence-corrected chi connectivity index (χ0v) is 14.0. The van der Waals surface area contributed by atoms with Crippen LogP contribution in [0.1, 0.15) is 49.3 Å². The highest BCUT2D eigenvalue weighted by molar-refractivity contribution is 6.05. The highest BCUT2D eigenvalue weighted by Gasteiger charge is 2.42. The Morgan fingerprint density at radius 3 is 2.46 bits per heavy atom. The summed E-state index contributed by atoms with van der Waals surface area (Å²) in [6.07, 6.45) is -2.95. The minimum absolute atomic E-state index is 0.455. The van der Waals surface area contributed by atoms with Crippen LogP contribution >= 0.6 is 0 Å². The van der Waals surface area contributed by atoms with Crippen LogP contribution < -0.4 is 5.32 Å². The molecule has 0 radical (unpaired) electrons. The van der Waals surface area contributed by atoms with Gasteiger partial charge in [0.2, 0.25) is 0 Å². The van der Waals surface area contributed by atoms with Crippen LogP contribution in [0, 0.1) is 0 Å². The number of nitrogens with zero attached hydrogens (tertiary/aromatic N) is 2. The first-order chi connectivity index (χ1) is 11.0. The molecule has 1 heterocycles. The Bertz CT molecular complexity index is 742. The molecule has 24 heavy (non-hydrogen) atoms. The van der Waals surface area contributed by atoms with Gasteiger partial charge in [0, 0.05) is 5.69 Å². The number of benzene rings is 1. The number of nitrogens with one attached hydrogen (secondary N) is 1. The monoisotopic (exact) mass is 339 g/mol. The summed E-state index contributed by atoms with van der Waals surface area (Å²) in [5.41, 5.74) is -0.991. The molecule has 2 rings (SSSR count). The van der Waals surface area contributed by atoms with Crippen LogP contribution in [-0.2, 0) is 18.1 Å². The Labute approximate surface area is 138 Å². The summed E-state index contributed by atoms with van der Waals surface area (Å²) >= 11 is 0. The Morgan fingerprint density at radius 2 is 1.92 bits per heavy atom. The van der Waals surface area contributed by atoms with Gasteiger partial charge in [-0.25, -0.2) is 0 Å². The molecule has 2 aromatic rings. The SMILES string of the molecule is CCc1cccc(NC(=O)c2cnn(C(C)(C)C)c2C(F)(F)F)c1. The molecule has 4 nitrogen and oxygen atoms in total. The molecule has 0 saturated heterocycles.